The first kappa shape index (κ1) is 13.9. The smallest absolute Gasteiger partial charge is 0.287 e. The van der Waals surface area contributed by atoms with Gasteiger partial charge < -0.3 is 4.74 Å². The van der Waals surface area contributed by atoms with E-state index in [1.165, 1.54) is 16.9 Å². The van der Waals surface area contributed by atoms with Crippen molar-refractivity contribution in [1.82, 2.24) is 20.4 Å². The first-order valence-electron chi connectivity index (χ1n) is 5.59. The Balaban J connectivity index is 1.89. The lowest BCUT2D eigenvalue weighted by atomic mass is 10.3. The van der Waals surface area contributed by atoms with Gasteiger partial charge in [0.05, 0.1) is 12.7 Å². The zero-order chi connectivity index (χ0) is 14.5. The van der Waals surface area contributed by atoms with Gasteiger partial charge >= 0.3 is 0 Å². The number of hydrogen-bond acceptors (Lipinski definition) is 5. The van der Waals surface area contributed by atoms with E-state index >= 15 is 0 Å². The second-order valence-electron chi connectivity index (χ2n) is 3.76. The van der Waals surface area contributed by atoms with E-state index in [9.17, 15) is 13.6 Å². The second kappa shape index (κ2) is 6.06. The minimum atomic E-state index is -0.785. The number of nitrogen functional groups attached to an aromatic ring is 1. The molecule has 0 saturated heterocycles. The summed E-state index contributed by atoms with van der Waals surface area (Å²) in [4.78, 5) is 11.1. The zero-order valence-electron chi connectivity index (χ0n) is 10.2. The maximum atomic E-state index is 13.3. The third kappa shape index (κ3) is 3.26. The quantitative estimate of drug-likeness (QED) is 0.465. The minimum absolute atomic E-state index is 0.0560. The SMILES string of the molecule is NNC(=O)c1cn(CCOc2ccc(F)cc2F)nn1. The lowest BCUT2D eigenvalue weighted by molar-refractivity contribution is 0.0948. The van der Waals surface area contributed by atoms with E-state index in [4.69, 9.17) is 10.6 Å². The Kier molecular flexibility index (Phi) is 4.20. The lowest BCUT2D eigenvalue weighted by Crippen LogP contribution is -2.30. The summed E-state index contributed by atoms with van der Waals surface area (Å²) in [5, 5.41) is 7.25. The monoisotopic (exact) mass is 283 g/mol. The van der Waals surface area contributed by atoms with Gasteiger partial charge in [0.25, 0.3) is 5.91 Å². The lowest BCUT2D eigenvalue weighted by Gasteiger charge is -2.06. The summed E-state index contributed by atoms with van der Waals surface area (Å²) in [6.07, 6.45) is 1.37. The Labute approximate surface area is 112 Å². The number of nitrogens with zero attached hydrogens (tertiary/aromatic N) is 3. The molecule has 106 valence electrons. The maximum Gasteiger partial charge on any atom is 0.287 e. The molecule has 20 heavy (non-hydrogen) atoms. The fraction of sp³-hybridized carbons (Fsp3) is 0.182. The fourth-order valence-electron chi connectivity index (χ4n) is 1.43. The van der Waals surface area contributed by atoms with Gasteiger partial charge in [0.2, 0.25) is 0 Å². The van der Waals surface area contributed by atoms with Gasteiger partial charge in [0, 0.05) is 6.07 Å². The van der Waals surface area contributed by atoms with Crippen molar-refractivity contribution in [1.29, 1.82) is 0 Å². The molecule has 0 aliphatic carbocycles. The van der Waals surface area contributed by atoms with E-state index < -0.39 is 17.5 Å². The number of rotatable bonds is 5. The maximum absolute atomic E-state index is 13.3. The van der Waals surface area contributed by atoms with Crippen molar-refractivity contribution in [3.63, 3.8) is 0 Å². The number of aromatic nitrogens is 3. The molecule has 1 heterocycles. The average molecular weight is 283 g/mol. The first-order chi connectivity index (χ1) is 9.60. The van der Waals surface area contributed by atoms with E-state index in [0.717, 1.165) is 12.1 Å². The van der Waals surface area contributed by atoms with Crippen molar-refractivity contribution in [2.24, 2.45) is 5.84 Å². The molecule has 0 saturated carbocycles. The molecular weight excluding hydrogens is 272 g/mol. The van der Waals surface area contributed by atoms with Gasteiger partial charge in [0.1, 0.15) is 12.4 Å². The summed E-state index contributed by atoms with van der Waals surface area (Å²) in [5.74, 6) is 2.85. The molecule has 1 aromatic carbocycles. The predicted molar refractivity (Wildman–Crippen MR) is 63.5 cm³/mol. The van der Waals surface area contributed by atoms with Crippen LogP contribution in [0.2, 0.25) is 0 Å². The van der Waals surface area contributed by atoms with Crippen molar-refractivity contribution in [3.8, 4) is 5.75 Å². The first-order valence-corrected chi connectivity index (χ1v) is 5.59. The minimum Gasteiger partial charge on any atom is -0.489 e. The molecule has 2 aromatic rings. The average Bonchev–Trinajstić information content (AvgIpc) is 2.89. The van der Waals surface area contributed by atoms with Gasteiger partial charge in [-0.05, 0) is 12.1 Å². The van der Waals surface area contributed by atoms with E-state index in [-0.39, 0.29) is 24.6 Å². The van der Waals surface area contributed by atoms with Gasteiger partial charge in [-0.25, -0.2) is 19.3 Å². The molecule has 1 amide bonds. The van der Waals surface area contributed by atoms with Crippen molar-refractivity contribution in [3.05, 3.63) is 41.7 Å². The molecule has 2 rings (SSSR count). The topological polar surface area (TPSA) is 95.1 Å². The van der Waals surface area contributed by atoms with Crippen molar-refractivity contribution in [2.45, 2.75) is 6.54 Å². The van der Waals surface area contributed by atoms with Crippen LogP contribution < -0.4 is 16.0 Å². The van der Waals surface area contributed by atoms with Crippen LogP contribution in [0.4, 0.5) is 8.78 Å². The number of carbonyl (C=O) groups excluding carboxylic acids is 1. The predicted octanol–water partition coefficient (Wildman–Crippen LogP) is 0.239. The highest BCUT2D eigenvalue weighted by molar-refractivity contribution is 5.91. The summed E-state index contributed by atoms with van der Waals surface area (Å²) in [5.41, 5.74) is 1.97. The van der Waals surface area contributed by atoms with E-state index in [1.54, 1.807) is 0 Å². The highest BCUT2D eigenvalue weighted by Gasteiger charge is 2.09. The van der Waals surface area contributed by atoms with Gasteiger partial charge in [-0.3, -0.25) is 10.2 Å². The number of halogens is 2. The largest absolute Gasteiger partial charge is 0.489 e. The Bertz CT molecular complexity index is 617. The van der Waals surface area contributed by atoms with Crippen LogP contribution in [-0.4, -0.2) is 27.5 Å². The third-order valence-electron chi connectivity index (χ3n) is 2.37. The third-order valence-corrected chi connectivity index (χ3v) is 2.37. The number of nitrogens with two attached hydrogens (primary N) is 1. The summed E-state index contributed by atoms with van der Waals surface area (Å²) in [6.45, 7) is 0.317. The van der Waals surface area contributed by atoms with Crippen molar-refractivity contribution >= 4 is 5.91 Å². The van der Waals surface area contributed by atoms with E-state index in [2.05, 4.69) is 10.3 Å². The number of carbonyl (C=O) groups is 1. The van der Waals surface area contributed by atoms with E-state index in [1.807, 2.05) is 5.43 Å². The molecule has 0 spiro atoms. The zero-order valence-corrected chi connectivity index (χ0v) is 10.2. The standard InChI is InChI=1S/C11H11F2N5O2/c12-7-1-2-10(8(13)5-7)20-4-3-18-6-9(16-17-18)11(19)15-14/h1-2,5-6H,3-4,14H2,(H,15,19). The van der Waals surface area contributed by atoms with Crippen LogP contribution in [0.5, 0.6) is 5.75 Å². The van der Waals surface area contributed by atoms with Gasteiger partial charge in [-0.15, -0.1) is 5.10 Å². The number of nitrogens with one attached hydrogen (secondary N) is 1. The highest BCUT2D eigenvalue weighted by Crippen LogP contribution is 2.17. The molecule has 0 bridgehead atoms. The molecule has 0 fully saturated rings. The molecule has 3 N–H and O–H groups in total. The molecule has 0 unspecified atom stereocenters. The molecule has 1 aromatic heterocycles. The Morgan fingerprint density at radius 3 is 2.95 bits per heavy atom. The Morgan fingerprint density at radius 2 is 2.25 bits per heavy atom. The van der Waals surface area contributed by atoms with Gasteiger partial charge in [-0.1, -0.05) is 5.21 Å². The normalized spacial score (nSPS) is 10.3. The molecular formula is C11H11F2N5O2. The summed E-state index contributed by atoms with van der Waals surface area (Å²) < 4.78 is 32.4. The van der Waals surface area contributed by atoms with Gasteiger partial charge in [-0.2, -0.15) is 0 Å². The molecule has 9 heteroatoms. The summed E-state index contributed by atoms with van der Waals surface area (Å²) >= 11 is 0. The van der Waals surface area contributed by atoms with Crippen molar-refractivity contribution < 1.29 is 18.3 Å². The summed E-state index contributed by atoms with van der Waals surface area (Å²) in [6, 6.07) is 3.02. The van der Waals surface area contributed by atoms with Crippen LogP contribution in [0.3, 0.4) is 0 Å². The van der Waals surface area contributed by atoms with Gasteiger partial charge in [0.15, 0.2) is 17.3 Å². The van der Waals surface area contributed by atoms with Crippen molar-refractivity contribution in [2.75, 3.05) is 6.61 Å². The van der Waals surface area contributed by atoms with Crippen LogP contribution in [0.1, 0.15) is 10.5 Å². The molecule has 0 atom stereocenters. The van der Waals surface area contributed by atoms with Crippen LogP contribution in [0.25, 0.3) is 0 Å². The molecule has 0 aliphatic rings. The molecule has 7 nitrogen and oxygen atoms in total. The number of hydrazine groups is 1. The number of amides is 1. The second-order valence-corrected chi connectivity index (χ2v) is 3.76. The number of hydrogen-bond donors (Lipinski definition) is 2. The summed E-state index contributed by atoms with van der Waals surface area (Å²) in [7, 11) is 0. The Morgan fingerprint density at radius 1 is 1.45 bits per heavy atom. The number of ether oxygens (including phenoxy) is 1. The highest BCUT2D eigenvalue weighted by atomic mass is 19.1. The number of benzene rings is 1. The molecule has 0 radical (unpaired) electrons. The van der Waals surface area contributed by atoms with E-state index in [0.29, 0.717) is 0 Å². The van der Waals surface area contributed by atoms with Crippen LogP contribution in [0, 0.1) is 11.6 Å². The van der Waals surface area contributed by atoms with Crippen LogP contribution in [-0.2, 0) is 6.54 Å². The van der Waals surface area contributed by atoms with Crippen LogP contribution in [0.15, 0.2) is 24.4 Å². The Hall–Kier alpha value is -2.55. The molecule has 0 aliphatic heterocycles. The fourth-order valence-corrected chi connectivity index (χ4v) is 1.43. The van der Waals surface area contributed by atoms with Crippen LogP contribution >= 0.6 is 0 Å².